The van der Waals surface area contributed by atoms with Crippen LogP contribution in [0, 0.1) is 0 Å². The molecule has 0 aliphatic carbocycles. The van der Waals surface area contributed by atoms with Crippen molar-refractivity contribution in [1.82, 2.24) is 5.32 Å². The van der Waals surface area contributed by atoms with Gasteiger partial charge >= 0.3 is 0 Å². The topological polar surface area (TPSA) is 84.5 Å². The second-order valence-electron chi connectivity index (χ2n) is 8.40. The molecule has 35 heavy (non-hydrogen) atoms. The first-order valence-electron chi connectivity index (χ1n) is 10.7. The number of anilines is 1. The highest BCUT2D eigenvalue weighted by Gasteiger charge is 2.23. The van der Waals surface area contributed by atoms with Gasteiger partial charge in [0.15, 0.2) is 0 Å². The third-order valence-electron chi connectivity index (χ3n) is 5.29. The Morgan fingerprint density at radius 3 is 2.31 bits per heavy atom. The molecule has 0 aliphatic heterocycles. The van der Waals surface area contributed by atoms with Crippen LogP contribution >= 0.6 is 39.1 Å². The molecule has 1 amide bonds. The summed E-state index contributed by atoms with van der Waals surface area (Å²) < 4.78 is 34.5. The van der Waals surface area contributed by atoms with Gasteiger partial charge in [0.1, 0.15) is 10.6 Å². The largest absolute Gasteiger partial charge is 0.492 e. The van der Waals surface area contributed by atoms with E-state index >= 15 is 0 Å². The van der Waals surface area contributed by atoms with Crippen molar-refractivity contribution in [3.63, 3.8) is 0 Å². The van der Waals surface area contributed by atoms with Gasteiger partial charge < -0.3 is 10.1 Å². The van der Waals surface area contributed by atoms with Crippen molar-refractivity contribution in [3.05, 3.63) is 86.3 Å². The van der Waals surface area contributed by atoms with Gasteiger partial charge in [0.25, 0.3) is 15.9 Å². The average molecular weight is 600 g/mol. The zero-order valence-electron chi connectivity index (χ0n) is 19.4. The maximum atomic E-state index is 13.0. The number of amides is 1. The SMILES string of the molecule is CCOc1ccc(Br)cc1S(=O)(=O)Nc1ccc(C(=O)NCC(C)(C)c2ccc(Cl)c(Cl)c2)cc1. The van der Waals surface area contributed by atoms with E-state index in [-0.39, 0.29) is 22.0 Å². The van der Waals surface area contributed by atoms with Crippen LogP contribution in [-0.4, -0.2) is 27.5 Å². The molecule has 0 radical (unpaired) electrons. The Labute approximate surface area is 224 Å². The van der Waals surface area contributed by atoms with Crippen LogP contribution in [0.5, 0.6) is 5.75 Å². The van der Waals surface area contributed by atoms with E-state index < -0.39 is 10.0 Å². The number of carbonyl (C=O) groups excluding carboxylic acids is 1. The minimum absolute atomic E-state index is 0.0140. The molecule has 6 nitrogen and oxygen atoms in total. The first kappa shape index (κ1) is 27.3. The number of sulfonamides is 1. The quantitative estimate of drug-likeness (QED) is 0.288. The third kappa shape index (κ3) is 6.91. The third-order valence-corrected chi connectivity index (χ3v) is 7.92. The Morgan fingerprint density at radius 1 is 1.00 bits per heavy atom. The van der Waals surface area contributed by atoms with Gasteiger partial charge in [-0.2, -0.15) is 0 Å². The minimum Gasteiger partial charge on any atom is -0.492 e. The monoisotopic (exact) mass is 598 g/mol. The average Bonchev–Trinajstić information content (AvgIpc) is 2.80. The first-order chi connectivity index (χ1) is 16.4. The molecule has 3 rings (SSSR count). The molecule has 0 fully saturated rings. The molecule has 2 N–H and O–H groups in total. The van der Waals surface area contributed by atoms with Crippen LogP contribution in [0.2, 0.25) is 10.0 Å². The summed E-state index contributed by atoms with van der Waals surface area (Å²) in [6, 6.07) is 16.4. The maximum absolute atomic E-state index is 13.0. The molecular formula is C25H25BrCl2N2O4S. The summed E-state index contributed by atoms with van der Waals surface area (Å²) in [5.41, 5.74) is 1.27. The molecule has 10 heteroatoms. The number of nitrogens with one attached hydrogen (secondary N) is 2. The van der Waals surface area contributed by atoms with Crippen molar-refractivity contribution in [2.24, 2.45) is 0 Å². The molecule has 186 valence electrons. The zero-order chi connectivity index (χ0) is 25.8. The number of hydrogen-bond acceptors (Lipinski definition) is 4. The lowest BCUT2D eigenvalue weighted by Crippen LogP contribution is -2.36. The van der Waals surface area contributed by atoms with Gasteiger partial charge in [-0.1, -0.05) is 59.0 Å². The van der Waals surface area contributed by atoms with Gasteiger partial charge in [-0.3, -0.25) is 9.52 Å². The van der Waals surface area contributed by atoms with Gasteiger partial charge in [-0.15, -0.1) is 0 Å². The van der Waals surface area contributed by atoms with Crippen LogP contribution in [0.15, 0.2) is 70.0 Å². The highest BCUT2D eigenvalue weighted by Crippen LogP contribution is 2.31. The van der Waals surface area contributed by atoms with Crippen LogP contribution in [0.3, 0.4) is 0 Å². The number of ether oxygens (including phenoxy) is 1. The molecule has 0 aliphatic rings. The lowest BCUT2D eigenvalue weighted by Gasteiger charge is -2.26. The van der Waals surface area contributed by atoms with Gasteiger partial charge in [0.2, 0.25) is 0 Å². The number of carbonyl (C=O) groups is 1. The Bertz CT molecular complexity index is 1330. The molecule has 0 saturated heterocycles. The fraction of sp³-hybridized carbons (Fsp3) is 0.240. The first-order valence-corrected chi connectivity index (χ1v) is 13.7. The molecule has 0 unspecified atom stereocenters. The van der Waals surface area contributed by atoms with E-state index in [1.54, 1.807) is 43.3 Å². The van der Waals surface area contributed by atoms with Crippen molar-refractivity contribution in [1.29, 1.82) is 0 Å². The van der Waals surface area contributed by atoms with Gasteiger partial charge in [-0.25, -0.2) is 8.42 Å². The lowest BCUT2D eigenvalue weighted by atomic mass is 9.84. The van der Waals surface area contributed by atoms with E-state index in [0.29, 0.717) is 38.9 Å². The molecule has 0 saturated carbocycles. The number of hydrogen-bond donors (Lipinski definition) is 2. The van der Waals surface area contributed by atoms with E-state index in [2.05, 4.69) is 26.0 Å². The molecule has 3 aromatic carbocycles. The highest BCUT2D eigenvalue weighted by molar-refractivity contribution is 9.10. The smallest absolute Gasteiger partial charge is 0.265 e. The number of benzene rings is 3. The van der Waals surface area contributed by atoms with Crippen LogP contribution in [0.25, 0.3) is 0 Å². The fourth-order valence-corrected chi connectivity index (χ4v) is 5.33. The number of halogens is 3. The van der Waals surface area contributed by atoms with E-state index in [1.165, 1.54) is 18.2 Å². The van der Waals surface area contributed by atoms with E-state index in [9.17, 15) is 13.2 Å². The molecule has 0 heterocycles. The van der Waals surface area contributed by atoms with Crippen LogP contribution in [0.4, 0.5) is 5.69 Å². The Kier molecular flexibility index (Phi) is 8.75. The maximum Gasteiger partial charge on any atom is 0.265 e. The highest BCUT2D eigenvalue weighted by atomic mass is 79.9. The molecule has 0 spiro atoms. The lowest BCUT2D eigenvalue weighted by molar-refractivity contribution is 0.0945. The summed E-state index contributed by atoms with van der Waals surface area (Å²) in [7, 11) is -3.91. The predicted molar refractivity (Wildman–Crippen MR) is 144 cm³/mol. The van der Waals surface area contributed by atoms with E-state index in [4.69, 9.17) is 27.9 Å². The Balaban J connectivity index is 1.69. The molecule has 0 aromatic heterocycles. The van der Waals surface area contributed by atoms with Crippen molar-refractivity contribution in [3.8, 4) is 5.75 Å². The van der Waals surface area contributed by atoms with Gasteiger partial charge in [0, 0.05) is 27.7 Å². The van der Waals surface area contributed by atoms with Gasteiger partial charge in [-0.05, 0) is 67.1 Å². The second kappa shape index (κ2) is 11.2. The van der Waals surface area contributed by atoms with Crippen molar-refractivity contribution >= 4 is 60.7 Å². The van der Waals surface area contributed by atoms with Crippen molar-refractivity contribution in [2.75, 3.05) is 17.9 Å². The number of rotatable bonds is 9. The van der Waals surface area contributed by atoms with E-state index in [1.807, 2.05) is 19.9 Å². The van der Waals surface area contributed by atoms with Crippen LogP contribution in [-0.2, 0) is 15.4 Å². The second-order valence-corrected chi connectivity index (χ2v) is 11.8. The molecular weight excluding hydrogens is 575 g/mol. The summed E-state index contributed by atoms with van der Waals surface area (Å²) in [6.45, 7) is 6.45. The molecule has 3 aromatic rings. The standard InChI is InChI=1S/C25H25BrCl2N2O4S/c1-4-34-22-12-8-18(26)14-23(22)35(32,33)30-19-9-5-16(6-10-19)24(31)29-15-25(2,3)17-7-11-20(27)21(28)13-17/h5-14,30H,4,15H2,1-3H3,(H,29,31). The van der Waals surface area contributed by atoms with Crippen LogP contribution < -0.4 is 14.8 Å². The van der Waals surface area contributed by atoms with Gasteiger partial charge in [0.05, 0.1) is 16.7 Å². The predicted octanol–water partition coefficient (Wildman–Crippen LogP) is 6.66. The summed E-state index contributed by atoms with van der Waals surface area (Å²) in [5, 5.41) is 3.85. The minimum atomic E-state index is -3.91. The summed E-state index contributed by atoms with van der Waals surface area (Å²) in [6.07, 6.45) is 0. The zero-order valence-corrected chi connectivity index (χ0v) is 23.3. The van der Waals surface area contributed by atoms with Crippen molar-refractivity contribution < 1.29 is 17.9 Å². The Hall–Kier alpha value is -2.26. The molecule has 0 atom stereocenters. The fourth-order valence-electron chi connectivity index (χ4n) is 3.29. The normalized spacial score (nSPS) is 11.7. The van der Waals surface area contributed by atoms with E-state index in [0.717, 1.165) is 5.56 Å². The molecule has 0 bridgehead atoms. The summed E-state index contributed by atoms with van der Waals surface area (Å²) >= 11 is 15.4. The Morgan fingerprint density at radius 2 is 1.69 bits per heavy atom. The summed E-state index contributed by atoms with van der Waals surface area (Å²) in [4.78, 5) is 12.7. The van der Waals surface area contributed by atoms with Crippen LogP contribution in [0.1, 0.15) is 36.7 Å². The summed E-state index contributed by atoms with van der Waals surface area (Å²) in [5.74, 6) is -0.0260. The van der Waals surface area contributed by atoms with Crippen molar-refractivity contribution in [2.45, 2.75) is 31.1 Å².